The van der Waals surface area contributed by atoms with Crippen LogP contribution in [0.2, 0.25) is 0 Å². The molecule has 176 valence electrons. The molecule has 0 N–H and O–H groups in total. The van der Waals surface area contributed by atoms with Crippen LogP contribution < -0.4 is 9.05 Å². The first-order valence-corrected chi connectivity index (χ1v) is 13.1. The Morgan fingerprint density at radius 2 is 1.06 bits per heavy atom. The summed E-state index contributed by atoms with van der Waals surface area (Å²) in [5.74, 6) is 0.889. The lowest BCUT2D eigenvalue weighted by molar-refractivity contribution is 0.252. The maximum Gasteiger partial charge on any atom is 0.587 e. The number of benzene rings is 6. The van der Waals surface area contributed by atoms with Crippen molar-refractivity contribution in [2.45, 2.75) is 0 Å². The highest BCUT2D eigenvalue weighted by Gasteiger charge is 2.32. The molecule has 0 aliphatic carbocycles. The van der Waals surface area contributed by atoms with E-state index in [1.54, 1.807) is 6.07 Å². The monoisotopic (exact) mass is 490 g/mol. The van der Waals surface area contributed by atoms with Crippen LogP contribution in [-0.2, 0) is 9.09 Å². The molecule has 0 saturated carbocycles. The van der Waals surface area contributed by atoms with Crippen LogP contribution in [0.15, 0.2) is 121 Å². The SMILES string of the molecule is COP(=O)(Oc1cccc2ccccc12)Oc1c(-c2cccc3ccccc23)ccc2ccccc12. The smallest absolute Gasteiger partial charge is 0.394 e. The number of hydrogen-bond donors (Lipinski definition) is 0. The van der Waals surface area contributed by atoms with E-state index >= 15 is 0 Å². The zero-order valence-electron chi connectivity index (χ0n) is 19.6. The van der Waals surface area contributed by atoms with Crippen molar-refractivity contribution >= 4 is 40.1 Å². The molecule has 0 aliphatic heterocycles. The molecule has 6 aromatic rings. The molecule has 0 bridgehead atoms. The lowest BCUT2D eigenvalue weighted by Crippen LogP contribution is -2.04. The van der Waals surface area contributed by atoms with Crippen molar-refractivity contribution in [3.63, 3.8) is 0 Å². The Labute approximate surface area is 209 Å². The summed E-state index contributed by atoms with van der Waals surface area (Å²) in [4.78, 5) is 0. The first-order valence-electron chi connectivity index (χ1n) is 11.7. The highest BCUT2D eigenvalue weighted by Crippen LogP contribution is 2.54. The Hall–Kier alpha value is -4.11. The maximum absolute atomic E-state index is 14.0. The van der Waals surface area contributed by atoms with Gasteiger partial charge in [0.2, 0.25) is 0 Å². The highest BCUT2D eigenvalue weighted by atomic mass is 31.2. The van der Waals surface area contributed by atoms with Crippen molar-refractivity contribution < 1.29 is 18.1 Å². The van der Waals surface area contributed by atoms with Crippen LogP contribution in [-0.4, -0.2) is 7.11 Å². The Morgan fingerprint density at radius 3 is 1.78 bits per heavy atom. The molecule has 6 aromatic carbocycles. The van der Waals surface area contributed by atoms with Gasteiger partial charge in [-0.2, -0.15) is 0 Å². The van der Waals surface area contributed by atoms with E-state index in [4.69, 9.17) is 13.6 Å². The maximum atomic E-state index is 14.0. The van der Waals surface area contributed by atoms with Crippen LogP contribution >= 0.6 is 7.82 Å². The quantitative estimate of drug-likeness (QED) is 0.219. The molecular weight excluding hydrogens is 467 g/mol. The summed E-state index contributed by atoms with van der Waals surface area (Å²) >= 11 is 0. The first kappa shape index (κ1) is 22.4. The van der Waals surface area contributed by atoms with E-state index in [0.717, 1.165) is 43.4 Å². The molecule has 0 saturated heterocycles. The second-order valence-electron chi connectivity index (χ2n) is 8.48. The minimum Gasteiger partial charge on any atom is -0.394 e. The molecule has 0 spiro atoms. The van der Waals surface area contributed by atoms with E-state index in [-0.39, 0.29) is 0 Å². The average Bonchev–Trinajstić information content (AvgIpc) is 2.93. The predicted octanol–water partition coefficient (Wildman–Crippen LogP) is 9.03. The van der Waals surface area contributed by atoms with E-state index in [9.17, 15) is 4.57 Å². The Balaban J connectivity index is 1.52. The normalized spacial score (nSPS) is 13.0. The molecule has 0 aliphatic rings. The summed E-state index contributed by atoms with van der Waals surface area (Å²) in [6, 6.07) is 39.6. The van der Waals surface area contributed by atoms with Gasteiger partial charge in [0.05, 0.1) is 0 Å². The van der Waals surface area contributed by atoms with Gasteiger partial charge in [0.25, 0.3) is 0 Å². The third kappa shape index (κ3) is 4.01. The van der Waals surface area contributed by atoms with Crippen LogP contribution in [0.5, 0.6) is 11.5 Å². The lowest BCUT2D eigenvalue weighted by atomic mass is 9.95. The fourth-order valence-electron chi connectivity index (χ4n) is 4.61. The van der Waals surface area contributed by atoms with Gasteiger partial charge in [-0.25, -0.2) is 4.57 Å². The van der Waals surface area contributed by atoms with Crippen molar-refractivity contribution in [3.8, 4) is 22.6 Å². The zero-order valence-corrected chi connectivity index (χ0v) is 20.5. The van der Waals surface area contributed by atoms with E-state index < -0.39 is 7.82 Å². The molecule has 36 heavy (non-hydrogen) atoms. The second kappa shape index (κ2) is 9.16. The molecule has 1 unspecified atom stereocenters. The van der Waals surface area contributed by atoms with Crippen LogP contribution in [0.1, 0.15) is 0 Å². The fraction of sp³-hybridized carbons (Fsp3) is 0.0323. The Kier molecular flexibility index (Phi) is 5.69. The Bertz CT molecular complexity index is 1770. The summed E-state index contributed by atoms with van der Waals surface area (Å²) in [6.45, 7) is 0. The highest BCUT2D eigenvalue weighted by molar-refractivity contribution is 7.49. The summed E-state index contributed by atoms with van der Waals surface area (Å²) in [5, 5.41) is 5.76. The summed E-state index contributed by atoms with van der Waals surface area (Å²) in [5.41, 5.74) is 1.78. The van der Waals surface area contributed by atoms with Gasteiger partial charge in [-0.1, -0.05) is 109 Å². The van der Waals surface area contributed by atoms with E-state index in [1.165, 1.54) is 7.11 Å². The molecule has 1 atom stereocenters. The summed E-state index contributed by atoms with van der Waals surface area (Å²) in [6.07, 6.45) is 0. The fourth-order valence-corrected chi connectivity index (χ4v) is 5.62. The topological polar surface area (TPSA) is 44.8 Å². The third-order valence-corrected chi connectivity index (χ3v) is 7.62. The van der Waals surface area contributed by atoms with Crippen molar-refractivity contribution in [2.24, 2.45) is 0 Å². The van der Waals surface area contributed by atoms with Crippen molar-refractivity contribution in [1.82, 2.24) is 0 Å². The summed E-state index contributed by atoms with van der Waals surface area (Å²) in [7, 11) is -2.72. The van der Waals surface area contributed by atoms with Crippen molar-refractivity contribution in [2.75, 3.05) is 7.11 Å². The van der Waals surface area contributed by atoms with Gasteiger partial charge in [-0.3, -0.25) is 4.52 Å². The van der Waals surface area contributed by atoms with Crippen LogP contribution in [0.25, 0.3) is 43.4 Å². The average molecular weight is 490 g/mol. The van der Waals surface area contributed by atoms with Crippen LogP contribution in [0.4, 0.5) is 0 Å². The number of fused-ring (bicyclic) bond motifs is 3. The lowest BCUT2D eigenvalue weighted by Gasteiger charge is -2.21. The van der Waals surface area contributed by atoms with Crippen molar-refractivity contribution in [1.29, 1.82) is 0 Å². The molecule has 6 rings (SSSR count). The third-order valence-electron chi connectivity index (χ3n) is 6.35. The number of hydrogen-bond acceptors (Lipinski definition) is 4. The minimum absolute atomic E-state index is 0.435. The van der Waals surface area contributed by atoms with E-state index in [1.807, 2.05) is 97.1 Å². The minimum atomic E-state index is -4.06. The van der Waals surface area contributed by atoms with Gasteiger partial charge in [-0.15, -0.1) is 0 Å². The van der Waals surface area contributed by atoms with Gasteiger partial charge in [0.1, 0.15) is 11.5 Å². The number of phosphoric ester groups is 1. The molecule has 4 nitrogen and oxygen atoms in total. The van der Waals surface area contributed by atoms with Crippen LogP contribution in [0.3, 0.4) is 0 Å². The Morgan fingerprint density at radius 1 is 0.500 bits per heavy atom. The molecule has 0 radical (unpaired) electrons. The van der Waals surface area contributed by atoms with Gasteiger partial charge in [0.15, 0.2) is 0 Å². The van der Waals surface area contributed by atoms with Gasteiger partial charge in [-0.05, 0) is 39.2 Å². The second-order valence-corrected chi connectivity index (χ2v) is 10.1. The van der Waals surface area contributed by atoms with Crippen molar-refractivity contribution in [3.05, 3.63) is 121 Å². The summed E-state index contributed by atoms with van der Waals surface area (Å²) < 4.78 is 31.7. The van der Waals surface area contributed by atoms with Gasteiger partial charge >= 0.3 is 7.82 Å². The van der Waals surface area contributed by atoms with E-state index in [2.05, 4.69) is 18.2 Å². The van der Waals surface area contributed by atoms with Gasteiger partial charge in [0, 0.05) is 23.4 Å². The molecule has 0 fully saturated rings. The molecule has 0 amide bonds. The first-order chi connectivity index (χ1) is 17.6. The standard InChI is InChI=1S/C31H23O4P/c1-33-36(32,34-30-19-9-14-23-11-3-6-16-26(23)30)35-31-27-17-7-4-12-24(27)20-21-29(31)28-18-8-13-22-10-2-5-15-25(22)28/h2-21H,1H3. The molecular formula is C31H23O4P. The van der Waals surface area contributed by atoms with Crippen LogP contribution in [0, 0.1) is 0 Å². The molecule has 5 heteroatoms. The zero-order chi connectivity index (χ0) is 24.5. The number of rotatable bonds is 6. The predicted molar refractivity (Wildman–Crippen MR) is 147 cm³/mol. The van der Waals surface area contributed by atoms with E-state index in [0.29, 0.717) is 11.5 Å². The molecule has 0 heterocycles. The molecule has 0 aromatic heterocycles. The largest absolute Gasteiger partial charge is 0.587 e. The number of phosphoric acid groups is 1. The van der Waals surface area contributed by atoms with Gasteiger partial charge < -0.3 is 9.05 Å².